The molecule has 7 N–H and O–H groups in total. The van der Waals surface area contributed by atoms with Crippen LogP contribution in [0.15, 0.2) is 30.3 Å². The maximum atomic E-state index is 12.5. The number of carboxylic acids is 1. The molecule has 156 valence electrons. The van der Waals surface area contributed by atoms with Crippen LogP contribution in [0.4, 0.5) is 0 Å². The molecule has 0 bridgehead atoms. The molecule has 9 nitrogen and oxygen atoms in total. The van der Waals surface area contributed by atoms with Crippen LogP contribution in [0.1, 0.15) is 26.3 Å². The summed E-state index contributed by atoms with van der Waals surface area (Å²) < 4.78 is 0. The van der Waals surface area contributed by atoms with Crippen molar-refractivity contribution in [2.45, 2.75) is 51.5 Å². The highest BCUT2D eigenvalue weighted by molar-refractivity contribution is 5.89. The Morgan fingerprint density at radius 1 is 1.07 bits per heavy atom. The third-order valence-electron chi connectivity index (χ3n) is 4.10. The van der Waals surface area contributed by atoms with Gasteiger partial charge in [0.1, 0.15) is 18.3 Å². The minimum atomic E-state index is -1.26. The SMILES string of the molecule is CC(N)C(=O)NC(Cc1ccccc1)C(=O)NCC(O)NC(C(=O)O)C(C)C. The summed E-state index contributed by atoms with van der Waals surface area (Å²) in [4.78, 5) is 35.7. The molecule has 9 heteroatoms. The van der Waals surface area contributed by atoms with E-state index in [4.69, 9.17) is 10.8 Å². The fourth-order valence-electron chi connectivity index (χ4n) is 2.50. The Hall–Kier alpha value is -2.49. The number of carbonyl (C=O) groups is 3. The van der Waals surface area contributed by atoms with E-state index in [1.54, 1.807) is 13.8 Å². The predicted molar refractivity (Wildman–Crippen MR) is 104 cm³/mol. The molecule has 1 aromatic rings. The van der Waals surface area contributed by atoms with E-state index in [-0.39, 0.29) is 18.9 Å². The number of benzene rings is 1. The molecule has 2 amide bonds. The highest BCUT2D eigenvalue weighted by atomic mass is 16.4. The van der Waals surface area contributed by atoms with Crippen molar-refractivity contribution in [1.82, 2.24) is 16.0 Å². The van der Waals surface area contributed by atoms with Gasteiger partial charge in [-0.1, -0.05) is 44.2 Å². The number of hydrogen-bond acceptors (Lipinski definition) is 6. The van der Waals surface area contributed by atoms with E-state index in [1.807, 2.05) is 30.3 Å². The van der Waals surface area contributed by atoms with Crippen molar-refractivity contribution >= 4 is 17.8 Å². The van der Waals surface area contributed by atoms with Crippen LogP contribution >= 0.6 is 0 Å². The smallest absolute Gasteiger partial charge is 0.321 e. The number of carbonyl (C=O) groups excluding carboxylic acids is 2. The van der Waals surface area contributed by atoms with E-state index in [2.05, 4.69) is 16.0 Å². The highest BCUT2D eigenvalue weighted by Gasteiger charge is 2.26. The van der Waals surface area contributed by atoms with Crippen molar-refractivity contribution in [3.05, 3.63) is 35.9 Å². The zero-order valence-corrected chi connectivity index (χ0v) is 16.4. The average Bonchev–Trinajstić information content (AvgIpc) is 2.63. The van der Waals surface area contributed by atoms with Crippen LogP contribution in [0, 0.1) is 5.92 Å². The van der Waals surface area contributed by atoms with Crippen molar-refractivity contribution in [2.75, 3.05) is 6.54 Å². The standard InChI is InChI=1S/C19H30N4O5/c1-11(2)16(19(27)28)23-15(24)10-21-18(26)14(22-17(25)12(3)20)9-13-7-5-4-6-8-13/h4-8,11-12,14-16,23-24H,9-10,20H2,1-3H3,(H,21,26)(H,22,25)(H,27,28). The van der Waals surface area contributed by atoms with Gasteiger partial charge in [-0.05, 0) is 18.4 Å². The number of rotatable bonds is 11. The van der Waals surface area contributed by atoms with Crippen molar-refractivity contribution in [1.29, 1.82) is 0 Å². The topological polar surface area (TPSA) is 154 Å². The van der Waals surface area contributed by atoms with Gasteiger partial charge in [-0.3, -0.25) is 19.7 Å². The fraction of sp³-hybridized carbons (Fsp3) is 0.526. The van der Waals surface area contributed by atoms with Gasteiger partial charge in [0.15, 0.2) is 0 Å². The third kappa shape index (κ3) is 8.03. The van der Waals surface area contributed by atoms with Crippen molar-refractivity contribution in [3.63, 3.8) is 0 Å². The van der Waals surface area contributed by atoms with Gasteiger partial charge in [0.25, 0.3) is 0 Å². The first-order valence-electron chi connectivity index (χ1n) is 9.16. The summed E-state index contributed by atoms with van der Waals surface area (Å²) in [6, 6.07) is 6.53. The minimum absolute atomic E-state index is 0.214. The first kappa shape index (κ1) is 23.5. The molecule has 0 aliphatic heterocycles. The Labute approximate surface area is 164 Å². The number of carboxylic acid groups (broad SMARTS) is 1. The van der Waals surface area contributed by atoms with Crippen molar-refractivity contribution in [3.8, 4) is 0 Å². The molecule has 1 aromatic carbocycles. The van der Waals surface area contributed by atoms with Crippen LogP contribution in [0.2, 0.25) is 0 Å². The molecule has 0 aliphatic carbocycles. The average molecular weight is 394 g/mol. The molecule has 0 saturated carbocycles. The molecule has 1 rings (SSSR count). The Balaban J connectivity index is 2.71. The molecule has 0 spiro atoms. The van der Waals surface area contributed by atoms with Crippen LogP contribution < -0.4 is 21.7 Å². The van der Waals surface area contributed by atoms with Gasteiger partial charge in [-0.25, -0.2) is 0 Å². The van der Waals surface area contributed by atoms with E-state index in [1.165, 1.54) is 6.92 Å². The van der Waals surface area contributed by atoms with Crippen molar-refractivity contribution in [2.24, 2.45) is 11.7 Å². The molecule has 0 fully saturated rings. The maximum Gasteiger partial charge on any atom is 0.321 e. The monoisotopic (exact) mass is 394 g/mol. The quantitative estimate of drug-likeness (QED) is 0.268. The maximum absolute atomic E-state index is 12.5. The van der Waals surface area contributed by atoms with E-state index in [0.29, 0.717) is 0 Å². The molecule has 0 aliphatic rings. The lowest BCUT2D eigenvalue weighted by molar-refractivity contribution is -0.141. The molecule has 0 aromatic heterocycles. The summed E-state index contributed by atoms with van der Waals surface area (Å²) >= 11 is 0. The van der Waals surface area contributed by atoms with Crippen LogP contribution in [0.3, 0.4) is 0 Å². The number of aliphatic hydroxyl groups is 1. The second-order valence-electron chi connectivity index (χ2n) is 7.03. The molecular weight excluding hydrogens is 364 g/mol. The fourth-order valence-corrected chi connectivity index (χ4v) is 2.50. The van der Waals surface area contributed by atoms with Gasteiger partial charge in [0, 0.05) is 6.42 Å². The van der Waals surface area contributed by atoms with Gasteiger partial charge in [-0.2, -0.15) is 0 Å². The number of hydrogen-bond donors (Lipinski definition) is 6. The number of nitrogens with two attached hydrogens (primary N) is 1. The zero-order valence-electron chi connectivity index (χ0n) is 16.4. The lowest BCUT2D eigenvalue weighted by atomic mass is 10.0. The molecule has 4 unspecified atom stereocenters. The van der Waals surface area contributed by atoms with E-state index >= 15 is 0 Å². The van der Waals surface area contributed by atoms with Crippen LogP contribution in [-0.2, 0) is 20.8 Å². The number of aliphatic carboxylic acids is 1. The van der Waals surface area contributed by atoms with Gasteiger partial charge >= 0.3 is 5.97 Å². The molecule has 0 radical (unpaired) electrons. The summed E-state index contributed by atoms with van der Waals surface area (Å²) in [6.07, 6.45) is -1.01. The van der Waals surface area contributed by atoms with Gasteiger partial charge < -0.3 is 26.6 Å². The normalized spacial score (nSPS) is 15.4. The number of aliphatic hydroxyl groups excluding tert-OH is 1. The molecule has 28 heavy (non-hydrogen) atoms. The van der Waals surface area contributed by atoms with Crippen molar-refractivity contribution < 1.29 is 24.6 Å². The van der Waals surface area contributed by atoms with Crippen LogP contribution in [-0.4, -0.2) is 58.9 Å². The molecule has 0 heterocycles. The molecule has 4 atom stereocenters. The summed E-state index contributed by atoms with van der Waals surface area (Å²) in [6.45, 7) is 4.71. The Morgan fingerprint density at radius 2 is 1.68 bits per heavy atom. The van der Waals surface area contributed by atoms with Crippen LogP contribution in [0.25, 0.3) is 0 Å². The van der Waals surface area contributed by atoms with Gasteiger partial charge in [-0.15, -0.1) is 0 Å². The van der Waals surface area contributed by atoms with E-state index < -0.39 is 42.1 Å². The summed E-state index contributed by atoms with van der Waals surface area (Å²) in [5, 5.41) is 26.8. The third-order valence-corrected chi connectivity index (χ3v) is 4.10. The second kappa shape index (κ2) is 11.4. The number of nitrogens with one attached hydrogen (secondary N) is 3. The Morgan fingerprint density at radius 3 is 2.18 bits per heavy atom. The first-order valence-corrected chi connectivity index (χ1v) is 9.16. The summed E-state index contributed by atoms with van der Waals surface area (Å²) in [5.74, 6) is -2.32. The zero-order chi connectivity index (χ0) is 21.3. The highest BCUT2D eigenvalue weighted by Crippen LogP contribution is 2.05. The Bertz CT molecular complexity index is 651. The number of amides is 2. The lowest BCUT2D eigenvalue weighted by Crippen LogP contribution is -2.55. The summed E-state index contributed by atoms with van der Waals surface area (Å²) in [7, 11) is 0. The van der Waals surface area contributed by atoms with E-state index in [0.717, 1.165) is 5.56 Å². The Kier molecular flexibility index (Phi) is 9.57. The second-order valence-corrected chi connectivity index (χ2v) is 7.03. The predicted octanol–water partition coefficient (Wildman–Crippen LogP) is -0.805. The lowest BCUT2D eigenvalue weighted by Gasteiger charge is -2.24. The largest absolute Gasteiger partial charge is 0.480 e. The van der Waals surface area contributed by atoms with Gasteiger partial charge in [0.2, 0.25) is 11.8 Å². The first-order chi connectivity index (χ1) is 13.1. The molecular formula is C19H30N4O5. The minimum Gasteiger partial charge on any atom is -0.480 e. The van der Waals surface area contributed by atoms with Gasteiger partial charge in [0.05, 0.1) is 12.6 Å². The summed E-state index contributed by atoms with van der Waals surface area (Å²) in [5.41, 5.74) is 6.41. The molecule has 0 saturated heterocycles. The van der Waals surface area contributed by atoms with E-state index in [9.17, 15) is 19.5 Å². The van der Waals surface area contributed by atoms with Crippen LogP contribution in [0.5, 0.6) is 0 Å².